The highest BCUT2D eigenvalue weighted by Crippen LogP contribution is 2.45. The van der Waals surface area contributed by atoms with Gasteiger partial charge in [-0.3, -0.25) is 9.59 Å². The van der Waals surface area contributed by atoms with Crippen LogP contribution < -0.4 is 29.0 Å². The Labute approximate surface area is 221 Å². The third-order valence-electron chi connectivity index (χ3n) is 5.97. The number of ether oxygens (including phenoxy) is 6. The summed E-state index contributed by atoms with van der Waals surface area (Å²) in [5, 5.41) is 2.49. The maximum Gasteiger partial charge on any atom is 0.256 e. The van der Waals surface area contributed by atoms with Crippen LogP contribution >= 0.6 is 11.8 Å². The number of hydrogen-bond acceptors (Lipinski definition) is 9. The molecule has 10 nitrogen and oxygen atoms in total. The van der Waals surface area contributed by atoms with Crippen LogP contribution in [0.15, 0.2) is 30.3 Å². The number of thioether (sulfide) groups is 1. The summed E-state index contributed by atoms with van der Waals surface area (Å²) in [6.45, 7) is 0.975. The summed E-state index contributed by atoms with van der Waals surface area (Å²) in [4.78, 5) is 28.9. The molecule has 2 atom stereocenters. The Balaban J connectivity index is 2.02. The van der Waals surface area contributed by atoms with Crippen LogP contribution in [0.25, 0.3) is 0 Å². The van der Waals surface area contributed by atoms with Crippen LogP contribution in [0, 0.1) is 0 Å². The molecule has 1 heterocycles. The highest BCUT2D eigenvalue weighted by molar-refractivity contribution is 7.99. The molecule has 0 bridgehead atoms. The summed E-state index contributed by atoms with van der Waals surface area (Å²) in [6.07, 6.45) is 0.669. The number of amides is 2. The van der Waals surface area contributed by atoms with E-state index < -0.39 is 11.4 Å². The van der Waals surface area contributed by atoms with Crippen molar-refractivity contribution in [2.45, 2.75) is 17.8 Å². The SMILES string of the molecule is COCCCNC(=O)C1CSC(c2ccc(OC)c(OC)c2)N1C(=O)c1cc(OC)c(OC)c(OC)c1. The fraction of sp³-hybridized carbons (Fsp3) is 0.462. The second kappa shape index (κ2) is 13.3. The third kappa shape index (κ3) is 6.16. The highest BCUT2D eigenvalue weighted by Gasteiger charge is 2.43. The minimum Gasteiger partial charge on any atom is -0.493 e. The van der Waals surface area contributed by atoms with Gasteiger partial charge in [0.05, 0.1) is 35.5 Å². The van der Waals surface area contributed by atoms with Gasteiger partial charge in [0.1, 0.15) is 11.4 Å². The molecule has 2 amide bonds. The molecule has 0 spiro atoms. The van der Waals surface area contributed by atoms with Crippen molar-refractivity contribution in [2.75, 3.05) is 61.6 Å². The van der Waals surface area contributed by atoms with Crippen molar-refractivity contribution in [3.05, 3.63) is 41.5 Å². The zero-order valence-electron chi connectivity index (χ0n) is 22.0. The molecule has 37 heavy (non-hydrogen) atoms. The van der Waals surface area contributed by atoms with E-state index >= 15 is 0 Å². The van der Waals surface area contributed by atoms with E-state index in [0.29, 0.717) is 59.6 Å². The highest BCUT2D eigenvalue weighted by atomic mass is 32.2. The number of methoxy groups -OCH3 is 6. The first kappa shape index (κ1) is 28.3. The molecule has 1 aliphatic heterocycles. The van der Waals surface area contributed by atoms with E-state index in [0.717, 1.165) is 5.56 Å². The molecule has 1 fully saturated rings. The first-order valence-electron chi connectivity index (χ1n) is 11.7. The summed E-state index contributed by atoms with van der Waals surface area (Å²) in [5.41, 5.74) is 1.11. The Morgan fingerprint density at radius 2 is 1.54 bits per heavy atom. The zero-order valence-corrected chi connectivity index (χ0v) is 22.8. The number of rotatable bonds is 12. The van der Waals surface area contributed by atoms with Crippen LogP contribution in [0.5, 0.6) is 28.7 Å². The molecular weight excluding hydrogens is 500 g/mol. The molecule has 202 valence electrons. The summed E-state index contributed by atoms with van der Waals surface area (Å²) in [6, 6.07) is 7.96. The van der Waals surface area contributed by atoms with E-state index in [9.17, 15) is 9.59 Å². The van der Waals surface area contributed by atoms with E-state index in [1.807, 2.05) is 12.1 Å². The molecule has 0 aliphatic carbocycles. The van der Waals surface area contributed by atoms with Gasteiger partial charge in [0.15, 0.2) is 23.0 Å². The van der Waals surface area contributed by atoms with Gasteiger partial charge in [-0.25, -0.2) is 0 Å². The topological polar surface area (TPSA) is 105 Å². The Kier molecular flexibility index (Phi) is 10.2. The zero-order chi connectivity index (χ0) is 26.9. The molecule has 1 saturated heterocycles. The molecule has 3 rings (SSSR count). The van der Waals surface area contributed by atoms with E-state index in [1.54, 1.807) is 44.4 Å². The molecule has 2 aromatic carbocycles. The van der Waals surface area contributed by atoms with Crippen LogP contribution in [0.3, 0.4) is 0 Å². The molecule has 1 aliphatic rings. The lowest BCUT2D eigenvalue weighted by Crippen LogP contribution is -2.48. The maximum absolute atomic E-state index is 14.0. The smallest absolute Gasteiger partial charge is 0.256 e. The van der Waals surface area contributed by atoms with Crippen LogP contribution in [-0.4, -0.2) is 84.3 Å². The van der Waals surface area contributed by atoms with Crippen LogP contribution in [-0.2, 0) is 9.53 Å². The first-order valence-corrected chi connectivity index (χ1v) is 12.7. The molecule has 0 saturated carbocycles. The van der Waals surface area contributed by atoms with Crippen molar-refractivity contribution in [3.63, 3.8) is 0 Å². The quantitative estimate of drug-likeness (QED) is 0.411. The Bertz CT molecular complexity index is 1070. The van der Waals surface area contributed by atoms with Gasteiger partial charge >= 0.3 is 0 Å². The second-order valence-electron chi connectivity index (χ2n) is 8.08. The number of nitrogens with one attached hydrogen (secondary N) is 1. The average Bonchev–Trinajstić information content (AvgIpc) is 3.38. The average molecular weight is 535 g/mol. The van der Waals surface area contributed by atoms with Crippen molar-refractivity contribution >= 4 is 23.6 Å². The van der Waals surface area contributed by atoms with Gasteiger partial charge in [0.25, 0.3) is 5.91 Å². The molecular formula is C26H34N2O8S. The number of carbonyl (C=O) groups excluding carboxylic acids is 2. The van der Waals surface area contributed by atoms with Crippen molar-refractivity contribution in [2.24, 2.45) is 0 Å². The number of benzene rings is 2. The van der Waals surface area contributed by atoms with Gasteiger partial charge in [-0.05, 0) is 36.2 Å². The fourth-order valence-corrected chi connectivity index (χ4v) is 5.54. The van der Waals surface area contributed by atoms with Crippen molar-refractivity contribution in [3.8, 4) is 28.7 Å². The largest absolute Gasteiger partial charge is 0.493 e. The monoisotopic (exact) mass is 534 g/mol. The van der Waals surface area contributed by atoms with E-state index in [4.69, 9.17) is 28.4 Å². The summed E-state index contributed by atoms with van der Waals surface area (Å²) in [7, 11) is 9.20. The molecule has 2 aromatic rings. The standard InChI is InChI=1S/C26H34N2O8S/c1-31-11-7-10-27-24(29)18-15-37-26(16-8-9-19(32-2)20(12-16)33-3)28(18)25(30)17-13-21(34-4)23(36-6)22(14-17)35-5/h8-9,12-14,18,26H,7,10-11,15H2,1-6H3,(H,27,29). The van der Waals surface area contributed by atoms with Crippen molar-refractivity contribution in [1.29, 1.82) is 0 Å². The van der Waals surface area contributed by atoms with Crippen LogP contribution in [0.1, 0.15) is 27.7 Å². The lowest BCUT2D eigenvalue weighted by atomic mass is 10.1. The van der Waals surface area contributed by atoms with Gasteiger partial charge in [-0.15, -0.1) is 11.8 Å². The third-order valence-corrected chi connectivity index (χ3v) is 7.29. The lowest BCUT2D eigenvalue weighted by Gasteiger charge is -2.30. The minimum absolute atomic E-state index is 0.229. The second-order valence-corrected chi connectivity index (χ2v) is 9.19. The van der Waals surface area contributed by atoms with Gasteiger partial charge < -0.3 is 38.6 Å². The minimum atomic E-state index is -0.697. The summed E-state index contributed by atoms with van der Waals surface area (Å²) in [5.74, 6) is 2.03. The fourth-order valence-electron chi connectivity index (χ4n) is 4.12. The maximum atomic E-state index is 14.0. The summed E-state index contributed by atoms with van der Waals surface area (Å²) < 4.78 is 32.2. The van der Waals surface area contributed by atoms with Crippen LogP contribution in [0.2, 0.25) is 0 Å². The van der Waals surface area contributed by atoms with Gasteiger partial charge in [0, 0.05) is 31.6 Å². The molecule has 11 heteroatoms. The van der Waals surface area contributed by atoms with Crippen molar-refractivity contribution < 1.29 is 38.0 Å². The molecule has 1 N–H and O–H groups in total. The van der Waals surface area contributed by atoms with E-state index in [2.05, 4.69) is 5.32 Å². The number of carbonyl (C=O) groups is 2. The lowest BCUT2D eigenvalue weighted by molar-refractivity contribution is -0.124. The van der Waals surface area contributed by atoms with Crippen LogP contribution in [0.4, 0.5) is 0 Å². The normalized spacial score (nSPS) is 16.8. The summed E-state index contributed by atoms with van der Waals surface area (Å²) >= 11 is 1.50. The molecule has 2 unspecified atom stereocenters. The number of hydrogen-bond donors (Lipinski definition) is 1. The Hall–Kier alpha value is -3.31. The van der Waals surface area contributed by atoms with Gasteiger partial charge in [-0.2, -0.15) is 0 Å². The molecule has 0 radical (unpaired) electrons. The van der Waals surface area contributed by atoms with Crippen molar-refractivity contribution in [1.82, 2.24) is 10.2 Å². The van der Waals surface area contributed by atoms with Gasteiger partial charge in [-0.1, -0.05) is 6.07 Å². The predicted molar refractivity (Wildman–Crippen MR) is 140 cm³/mol. The van der Waals surface area contributed by atoms with E-state index in [1.165, 1.54) is 33.1 Å². The first-order chi connectivity index (χ1) is 17.9. The number of nitrogens with zero attached hydrogens (tertiary/aromatic N) is 1. The Morgan fingerprint density at radius 1 is 0.892 bits per heavy atom. The van der Waals surface area contributed by atoms with E-state index in [-0.39, 0.29) is 11.8 Å². The van der Waals surface area contributed by atoms with Gasteiger partial charge in [0.2, 0.25) is 11.7 Å². The predicted octanol–water partition coefficient (Wildman–Crippen LogP) is 3.14. The Morgan fingerprint density at radius 3 is 2.11 bits per heavy atom. The molecule has 0 aromatic heterocycles.